The summed E-state index contributed by atoms with van der Waals surface area (Å²) < 4.78 is 5.13. The highest BCUT2D eigenvalue weighted by Gasteiger charge is 2.35. The number of carbonyl (C=O) groups excluding carboxylic acids is 2. The fraction of sp³-hybridized carbons (Fsp3) is 0.318. The quantitative estimate of drug-likeness (QED) is 0.714. The van der Waals surface area contributed by atoms with E-state index in [1.165, 1.54) is 0 Å². The van der Waals surface area contributed by atoms with Gasteiger partial charge in [-0.1, -0.05) is 42.5 Å². The summed E-state index contributed by atoms with van der Waals surface area (Å²) in [5.41, 5.74) is 1.68. The first kappa shape index (κ1) is 20.4. The van der Waals surface area contributed by atoms with Gasteiger partial charge in [0.05, 0.1) is 25.5 Å². The van der Waals surface area contributed by atoms with E-state index in [0.29, 0.717) is 13.1 Å². The van der Waals surface area contributed by atoms with E-state index < -0.39 is 17.9 Å². The highest BCUT2D eigenvalue weighted by atomic mass is 16.5. The van der Waals surface area contributed by atoms with Crippen LogP contribution in [0, 0.1) is 5.92 Å². The topological polar surface area (TPSA) is 95.9 Å². The number of hydrogen-bond acceptors (Lipinski definition) is 4. The Kier molecular flexibility index (Phi) is 6.49. The van der Waals surface area contributed by atoms with Crippen LogP contribution in [0.25, 0.3) is 0 Å². The predicted molar refractivity (Wildman–Crippen MR) is 106 cm³/mol. The van der Waals surface area contributed by atoms with Gasteiger partial charge in [0.15, 0.2) is 0 Å². The maximum absolute atomic E-state index is 12.7. The van der Waals surface area contributed by atoms with Gasteiger partial charge in [0.2, 0.25) is 11.8 Å². The molecule has 1 heterocycles. The van der Waals surface area contributed by atoms with Gasteiger partial charge < -0.3 is 20.1 Å². The standard InChI is InChI=1S/C22H24N2O5/c1-29-18-9-7-15(8-10-18)13-24-14-17(11-20(24)25)22(28)23-19(12-21(26)27)16-5-3-2-4-6-16/h2-10,17,19H,11-14H2,1H3,(H,23,28)(H,26,27)/t17-,19+/m0/s1. The third-order valence-corrected chi connectivity index (χ3v) is 5.01. The van der Waals surface area contributed by atoms with Crippen LogP contribution in [0.4, 0.5) is 0 Å². The number of likely N-dealkylation sites (tertiary alicyclic amines) is 1. The van der Waals surface area contributed by atoms with Gasteiger partial charge >= 0.3 is 5.97 Å². The Morgan fingerprint density at radius 3 is 2.48 bits per heavy atom. The Bertz CT molecular complexity index is 867. The molecule has 0 radical (unpaired) electrons. The van der Waals surface area contributed by atoms with Crippen LogP contribution < -0.4 is 10.1 Å². The van der Waals surface area contributed by atoms with Gasteiger partial charge in [-0.2, -0.15) is 0 Å². The van der Waals surface area contributed by atoms with Crippen molar-refractivity contribution in [3.8, 4) is 5.75 Å². The molecule has 2 N–H and O–H groups in total. The number of carbonyl (C=O) groups is 3. The zero-order valence-corrected chi connectivity index (χ0v) is 16.2. The molecule has 152 valence electrons. The first-order valence-corrected chi connectivity index (χ1v) is 9.44. The SMILES string of the molecule is COc1ccc(CN2C[C@@H](C(=O)N[C@H](CC(=O)O)c3ccccc3)CC2=O)cc1. The zero-order valence-electron chi connectivity index (χ0n) is 16.2. The fourth-order valence-electron chi connectivity index (χ4n) is 3.45. The maximum Gasteiger partial charge on any atom is 0.305 e. The molecule has 2 aromatic carbocycles. The Balaban J connectivity index is 1.63. The van der Waals surface area contributed by atoms with E-state index in [2.05, 4.69) is 5.32 Å². The molecule has 1 fully saturated rings. The second kappa shape index (κ2) is 9.23. The van der Waals surface area contributed by atoms with E-state index in [-0.39, 0.29) is 24.7 Å². The van der Waals surface area contributed by atoms with Crippen molar-refractivity contribution in [3.05, 3.63) is 65.7 Å². The van der Waals surface area contributed by atoms with E-state index in [1.807, 2.05) is 30.3 Å². The van der Waals surface area contributed by atoms with Crippen molar-refractivity contribution in [1.82, 2.24) is 10.2 Å². The molecule has 2 aromatic rings. The average Bonchev–Trinajstić information content (AvgIpc) is 3.09. The Labute approximate surface area is 169 Å². The summed E-state index contributed by atoms with van der Waals surface area (Å²) in [5.74, 6) is -1.14. The summed E-state index contributed by atoms with van der Waals surface area (Å²) in [7, 11) is 1.59. The third-order valence-electron chi connectivity index (χ3n) is 5.01. The minimum atomic E-state index is -0.997. The lowest BCUT2D eigenvalue weighted by molar-refractivity contribution is -0.138. The number of rotatable bonds is 8. The molecule has 7 nitrogen and oxygen atoms in total. The predicted octanol–water partition coefficient (Wildman–Crippen LogP) is 2.38. The number of benzene rings is 2. The Hall–Kier alpha value is -3.35. The van der Waals surface area contributed by atoms with Crippen molar-refractivity contribution in [3.63, 3.8) is 0 Å². The summed E-state index contributed by atoms with van der Waals surface area (Å²) in [5, 5.41) is 12.0. The van der Waals surface area contributed by atoms with Crippen LogP contribution in [0.3, 0.4) is 0 Å². The maximum atomic E-state index is 12.7. The molecule has 0 spiro atoms. The Morgan fingerprint density at radius 1 is 1.17 bits per heavy atom. The van der Waals surface area contributed by atoms with Crippen molar-refractivity contribution < 1.29 is 24.2 Å². The zero-order chi connectivity index (χ0) is 20.8. The highest BCUT2D eigenvalue weighted by Crippen LogP contribution is 2.24. The number of carboxylic acid groups (broad SMARTS) is 1. The van der Waals surface area contributed by atoms with Gasteiger partial charge in [-0.05, 0) is 23.3 Å². The smallest absolute Gasteiger partial charge is 0.305 e. The molecule has 2 amide bonds. The molecule has 1 aliphatic heterocycles. The minimum absolute atomic E-state index is 0.0875. The lowest BCUT2D eigenvalue weighted by Gasteiger charge is -2.20. The average molecular weight is 396 g/mol. The van der Waals surface area contributed by atoms with Crippen molar-refractivity contribution in [1.29, 1.82) is 0 Å². The van der Waals surface area contributed by atoms with Crippen LogP contribution in [-0.4, -0.2) is 41.4 Å². The van der Waals surface area contributed by atoms with Gasteiger partial charge in [0, 0.05) is 19.5 Å². The normalized spacial score (nSPS) is 17.1. The molecule has 0 aliphatic carbocycles. The minimum Gasteiger partial charge on any atom is -0.497 e. The fourth-order valence-corrected chi connectivity index (χ4v) is 3.45. The molecule has 2 atom stereocenters. The number of hydrogen-bond donors (Lipinski definition) is 2. The monoisotopic (exact) mass is 396 g/mol. The van der Waals surface area contributed by atoms with Crippen LogP contribution in [0.5, 0.6) is 5.75 Å². The molecule has 0 aromatic heterocycles. The van der Waals surface area contributed by atoms with Gasteiger partial charge in [-0.25, -0.2) is 0 Å². The number of nitrogens with one attached hydrogen (secondary N) is 1. The van der Waals surface area contributed by atoms with E-state index in [9.17, 15) is 19.5 Å². The second-order valence-electron chi connectivity index (χ2n) is 7.09. The first-order valence-electron chi connectivity index (χ1n) is 9.44. The van der Waals surface area contributed by atoms with Crippen LogP contribution in [0.2, 0.25) is 0 Å². The number of nitrogens with zero attached hydrogens (tertiary/aromatic N) is 1. The molecule has 0 saturated carbocycles. The van der Waals surface area contributed by atoms with Crippen LogP contribution in [0.15, 0.2) is 54.6 Å². The molecule has 0 bridgehead atoms. The third kappa shape index (κ3) is 5.34. The van der Waals surface area contributed by atoms with E-state index >= 15 is 0 Å². The number of carboxylic acids is 1. The molecule has 7 heteroatoms. The number of ether oxygens (including phenoxy) is 1. The summed E-state index contributed by atoms with van der Waals surface area (Å²) in [6.45, 7) is 0.731. The second-order valence-corrected chi connectivity index (χ2v) is 7.09. The Morgan fingerprint density at radius 2 is 1.86 bits per heavy atom. The van der Waals surface area contributed by atoms with E-state index in [1.54, 1.807) is 36.3 Å². The summed E-state index contributed by atoms with van der Waals surface area (Å²) in [4.78, 5) is 38.0. The van der Waals surface area contributed by atoms with Gasteiger partial charge in [-0.3, -0.25) is 14.4 Å². The first-order chi connectivity index (χ1) is 14.0. The van der Waals surface area contributed by atoms with Crippen molar-refractivity contribution in [2.24, 2.45) is 5.92 Å². The van der Waals surface area contributed by atoms with Crippen LogP contribution in [0.1, 0.15) is 30.0 Å². The molecule has 29 heavy (non-hydrogen) atoms. The number of methoxy groups -OCH3 is 1. The number of amides is 2. The lowest BCUT2D eigenvalue weighted by Crippen LogP contribution is -2.36. The molecular formula is C22H24N2O5. The lowest BCUT2D eigenvalue weighted by atomic mass is 10.0. The number of aliphatic carboxylic acids is 1. The van der Waals surface area contributed by atoms with Crippen molar-refractivity contribution >= 4 is 17.8 Å². The highest BCUT2D eigenvalue weighted by molar-refractivity contribution is 5.89. The molecule has 0 unspecified atom stereocenters. The van der Waals surface area contributed by atoms with Gasteiger partial charge in [-0.15, -0.1) is 0 Å². The molecule has 1 saturated heterocycles. The van der Waals surface area contributed by atoms with Crippen LogP contribution >= 0.6 is 0 Å². The van der Waals surface area contributed by atoms with E-state index in [0.717, 1.165) is 16.9 Å². The van der Waals surface area contributed by atoms with Crippen LogP contribution in [-0.2, 0) is 20.9 Å². The molecule has 1 aliphatic rings. The summed E-state index contributed by atoms with van der Waals surface area (Å²) in [6.07, 6.45) is -0.0947. The summed E-state index contributed by atoms with van der Waals surface area (Å²) in [6, 6.07) is 15.8. The molecular weight excluding hydrogens is 372 g/mol. The van der Waals surface area contributed by atoms with Gasteiger partial charge in [0.25, 0.3) is 0 Å². The van der Waals surface area contributed by atoms with E-state index in [4.69, 9.17) is 4.74 Å². The molecule has 3 rings (SSSR count). The summed E-state index contributed by atoms with van der Waals surface area (Å²) >= 11 is 0. The van der Waals surface area contributed by atoms with Crippen molar-refractivity contribution in [2.45, 2.75) is 25.4 Å². The largest absolute Gasteiger partial charge is 0.497 e. The van der Waals surface area contributed by atoms with Crippen molar-refractivity contribution in [2.75, 3.05) is 13.7 Å². The van der Waals surface area contributed by atoms with Gasteiger partial charge in [0.1, 0.15) is 5.75 Å².